The lowest BCUT2D eigenvalue weighted by Gasteiger charge is -2.31. The third-order valence-corrected chi connectivity index (χ3v) is 6.93. The zero-order valence-electron chi connectivity index (χ0n) is 22.3. The van der Waals surface area contributed by atoms with Crippen LogP contribution in [0.4, 0.5) is 0 Å². The van der Waals surface area contributed by atoms with Gasteiger partial charge in [0, 0.05) is 26.2 Å². The van der Waals surface area contributed by atoms with Crippen LogP contribution in [0.5, 0.6) is 5.75 Å². The third kappa shape index (κ3) is 10.5. The van der Waals surface area contributed by atoms with Gasteiger partial charge >= 0.3 is 0 Å². The molecule has 0 saturated heterocycles. The minimum absolute atomic E-state index is 0.0538. The normalized spacial score (nSPS) is 12.4. The molecule has 0 fully saturated rings. The van der Waals surface area contributed by atoms with Crippen molar-refractivity contribution in [3.05, 3.63) is 65.7 Å². The van der Waals surface area contributed by atoms with Crippen LogP contribution in [0.15, 0.2) is 54.6 Å². The highest BCUT2D eigenvalue weighted by molar-refractivity contribution is 7.88. The Balaban J connectivity index is 2.19. The highest BCUT2D eigenvalue weighted by Crippen LogP contribution is 2.16. The maximum Gasteiger partial charge on any atom is 0.242 e. The lowest BCUT2D eigenvalue weighted by molar-refractivity contribution is -0.140. The summed E-state index contributed by atoms with van der Waals surface area (Å²) in [5, 5.41) is 2.85. The van der Waals surface area contributed by atoms with Crippen LogP contribution in [0.2, 0.25) is 0 Å². The first-order valence-electron chi connectivity index (χ1n) is 12.3. The van der Waals surface area contributed by atoms with Crippen LogP contribution in [0.1, 0.15) is 38.3 Å². The van der Waals surface area contributed by atoms with Gasteiger partial charge in [-0.25, -0.2) is 8.42 Å². The third-order valence-electron chi connectivity index (χ3n) is 5.73. The molecule has 2 amide bonds. The zero-order chi connectivity index (χ0) is 27.4. The van der Waals surface area contributed by atoms with Crippen molar-refractivity contribution in [2.24, 2.45) is 0 Å². The van der Waals surface area contributed by atoms with Gasteiger partial charge in [-0.2, -0.15) is 4.31 Å². The summed E-state index contributed by atoms with van der Waals surface area (Å²) in [6, 6.07) is 15.4. The Labute approximate surface area is 220 Å². The van der Waals surface area contributed by atoms with Crippen LogP contribution in [-0.4, -0.2) is 74.6 Å². The predicted molar refractivity (Wildman–Crippen MR) is 143 cm³/mol. The summed E-state index contributed by atoms with van der Waals surface area (Å²) >= 11 is 0. The van der Waals surface area contributed by atoms with E-state index in [4.69, 9.17) is 9.47 Å². The van der Waals surface area contributed by atoms with Gasteiger partial charge in [0.05, 0.1) is 26.0 Å². The smallest absolute Gasteiger partial charge is 0.242 e. The summed E-state index contributed by atoms with van der Waals surface area (Å²) in [5.41, 5.74) is 1.55. The number of hydrogen-bond acceptors (Lipinski definition) is 6. The molecular formula is C27H39N3O6S. The van der Waals surface area contributed by atoms with Gasteiger partial charge in [0.15, 0.2) is 0 Å². The van der Waals surface area contributed by atoms with Gasteiger partial charge in [0.2, 0.25) is 21.8 Å². The molecule has 204 valence electrons. The summed E-state index contributed by atoms with van der Waals surface area (Å²) in [4.78, 5) is 27.9. The van der Waals surface area contributed by atoms with Crippen LogP contribution in [0.3, 0.4) is 0 Å². The zero-order valence-corrected chi connectivity index (χ0v) is 23.2. The first-order chi connectivity index (χ1) is 17.5. The summed E-state index contributed by atoms with van der Waals surface area (Å²) in [6.07, 6.45) is 1.83. The van der Waals surface area contributed by atoms with E-state index in [0.29, 0.717) is 25.3 Å². The van der Waals surface area contributed by atoms with Gasteiger partial charge < -0.3 is 19.7 Å². The number of methoxy groups -OCH3 is 1. The van der Waals surface area contributed by atoms with Crippen molar-refractivity contribution in [3.8, 4) is 5.75 Å². The molecule has 0 radical (unpaired) electrons. The number of benzene rings is 2. The molecule has 0 aliphatic rings. The van der Waals surface area contributed by atoms with Crippen molar-refractivity contribution in [1.82, 2.24) is 14.5 Å². The average molecular weight is 534 g/mol. The Hall–Kier alpha value is -2.95. The molecular weight excluding hydrogens is 494 g/mol. The van der Waals surface area contributed by atoms with Gasteiger partial charge in [-0.1, -0.05) is 42.5 Å². The van der Waals surface area contributed by atoms with E-state index in [9.17, 15) is 18.0 Å². The van der Waals surface area contributed by atoms with Crippen molar-refractivity contribution in [3.63, 3.8) is 0 Å². The molecule has 0 spiro atoms. The Morgan fingerprint density at radius 1 is 0.946 bits per heavy atom. The molecule has 1 unspecified atom stereocenters. The fourth-order valence-corrected chi connectivity index (χ4v) is 4.31. The monoisotopic (exact) mass is 533 g/mol. The van der Waals surface area contributed by atoms with Crippen LogP contribution in [-0.2, 0) is 37.4 Å². The summed E-state index contributed by atoms with van der Waals surface area (Å²) in [6.45, 7) is 6.26. The van der Waals surface area contributed by atoms with E-state index in [2.05, 4.69) is 5.32 Å². The van der Waals surface area contributed by atoms with Gasteiger partial charge in [0.25, 0.3) is 0 Å². The maximum absolute atomic E-state index is 13.5. The number of ether oxygens (including phenoxy) is 2. The lowest BCUT2D eigenvalue weighted by atomic mass is 10.1. The summed E-state index contributed by atoms with van der Waals surface area (Å²) in [7, 11) is -2.13. The molecule has 2 aromatic carbocycles. The number of rotatable bonds is 15. The Morgan fingerprint density at radius 3 is 2.14 bits per heavy atom. The number of carbonyl (C=O) groups excluding carboxylic acids is 2. The van der Waals surface area contributed by atoms with Crippen LogP contribution >= 0.6 is 0 Å². The van der Waals surface area contributed by atoms with E-state index in [0.717, 1.165) is 21.7 Å². The van der Waals surface area contributed by atoms with E-state index < -0.39 is 22.0 Å². The van der Waals surface area contributed by atoms with Crippen LogP contribution < -0.4 is 10.1 Å². The SMILES string of the molecule is COc1ccc(CN(C(=O)CN(Cc2ccccc2)S(C)(=O)=O)C(C)C(=O)NCCCOC(C)C)cc1. The van der Waals surface area contributed by atoms with Crippen molar-refractivity contribution in [2.75, 3.05) is 33.1 Å². The molecule has 0 aliphatic heterocycles. The largest absolute Gasteiger partial charge is 0.497 e. The minimum atomic E-state index is -3.69. The molecule has 9 nitrogen and oxygen atoms in total. The minimum Gasteiger partial charge on any atom is -0.497 e. The topological polar surface area (TPSA) is 105 Å². The lowest BCUT2D eigenvalue weighted by Crippen LogP contribution is -2.51. The standard InChI is InChI=1S/C27H39N3O6S/c1-21(2)36-17-9-16-28-27(32)22(3)30(19-24-12-14-25(35-4)15-13-24)26(31)20-29(37(5,33)34)18-23-10-7-6-8-11-23/h6-8,10-15,21-22H,9,16-20H2,1-5H3,(H,28,32). The maximum atomic E-state index is 13.5. The summed E-state index contributed by atoms with van der Waals surface area (Å²) < 4.78 is 36.9. The molecule has 10 heteroatoms. The molecule has 2 rings (SSSR count). The quantitative estimate of drug-likeness (QED) is 0.353. The molecule has 0 aliphatic carbocycles. The number of carbonyl (C=O) groups is 2. The molecule has 1 N–H and O–H groups in total. The van der Waals surface area contributed by atoms with Gasteiger partial charge in [-0.05, 0) is 50.5 Å². The molecule has 1 atom stereocenters. The molecule has 37 heavy (non-hydrogen) atoms. The second kappa shape index (κ2) is 14.7. The van der Waals surface area contributed by atoms with Gasteiger partial charge in [-0.15, -0.1) is 0 Å². The number of nitrogens with one attached hydrogen (secondary N) is 1. The molecule has 0 bridgehead atoms. The van der Waals surface area contributed by atoms with Gasteiger partial charge in [0.1, 0.15) is 11.8 Å². The van der Waals surface area contributed by atoms with Gasteiger partial charge in [-0.3, -0.25) is 9.59 Å². The second-order valence-corrected chi connectivity index (χ2v) is 11.1. The van der Waals surface area contributed by atoms with Crippen LogP contribution in [0, 0.1) is 0 Å². The highest BCUT2D eigenvalue weighted by Gasteiger charge is 2.29. The average Bonchev–Trinajstić information content (AvgIpc) is 2.86. The Kier molecular flexibility index (Phi) is 12.0. The number of nitrogens with zero attached hydrogens (tertiary/aromatic N) is 2. The first-order valence-corrected chi connectivity index (χ1v) is 14.2. The predicted octanol–water partition coefficient (Wildman–Crippen LogP) is 2.81. The number of amides is 2. The van der Waals surface area contributed by atoms with Crippen LogP contribution in [0.25, 0.3) is 0 Å². The van der Waals surface area contributed by atoms with Crippen molar-refractivity contribution in [1.29, 1.82) is 0 Å². The van der Waals surface area contributed by atoms with E-state index in [1.54, 1.807) is 38.3 Å². The number of hydrogen-bond donors (Lipinski definition) is 1. The summed E-state index contributed by atoms with van der Waals surface area (Å²) in [5.74, 6) is -0.120. The van der Waals surface area contributed by atoms with E-state index >= 15 is 0 Å². The Bertz CT molecular complexity index is 1090. The van der Waals surface area contributed by atoms with E-state index in [1.807, 2.05) is 44.2 Å². The molecule has 0 heterocycles. The molecule has 0 saturated carbocycles. The van der Waals surface area contributed by atoms with E-state index in [1.165, 1.54) is 4.90 Å². The van der Waals surface area contributed by atoms with Crippen molar-refractivity contribution < 1.29 is 27.5 Å². The van der Waals surface area contributed by atoms with Crippen molar-refractivity contribution in [2.45, 2.75) is 52.4 Å². The fraction of sp³-hybridized carbons (Fsp3) is 0.481. The first kappa shape index (κ1) is 30.3. The number of sulfonamides is 1. The van der Waals surface area contributed by atoms with E-state index in [-0.39, 0.29) is 31.6 Å². The molecule has 0 aromatic heterocycles. The molecule has 2 aromatic rings. The second-order valence-electron chi connectivity index (χ2n) is 9.13. The Morgan fingerprint density at radius 2 is 1.57 bits per heavy atom. The highest BCUT2D eigenvalue weighted by atomic mass is 32.2. The fourth-order valence-electron chi connectivity index (χ4n) is 3.58. The van der Waals surface area contributed by atoms with Crippen molar-refractivity contribution >= 4 is 21.8 Å².